The lowest BCUT2D eigenvalue weighted by atomic mass is 9.93. The fraction of sp³-hybridized carbons (Fsp3) is 0.559. The highest BCUT2D eigenvalue weighted by Crippen LogP contribution is 2.40. The molecule has 17 heteroatoms. The Morgan fingerprint density at radius 3 is 2.06 bits per heavy atom. The molecule has 2 aromatic rings. The van der Waals surface area contributed by atoms with E-state index in [1.807, 2.05) is 11.8 Å². The first kappa shape index (κ1) is 39.3. The number of aliphatic hydroxyl groups excluding tert-OH is 1. The van der Waals surface area contributed by atoms with Gasteiger partial charge in [-0.25, -0.2) is 19.6 Å². The quantitative estimate of drug-likeness (QED) is 0.195. The summed E-state index contributed by atoms with van der Waals surface area (Å²) in [7, 11) is 2.11. The van der Waals surface area contributed by atoms with Gasteiger partial charge in [-0.2, -0.15) is 13.2 Å². The number of aryl methyl sites for hydroxylation is 1. The number of carboxylic acid groups (broad SMARTS) is 2. The summed E-state index contributed by atoms with van der Waals surface area (Å²) in [5, 5.41) is 31.7. The number of piperidine rings is 1. The molecule has 1 aromatic carbocycles. The average molecular weight is 721 g/mol. The van der Waals surface area contributed by atoms with Crippen LogP contribution in [-0.2, 0) is 22.2 Å². The van der Waals surface area contributed by atoms with E-state index in [9.17, 15) is 32.7 Å². The molecular formula is C34H47F3N8O6. The maximum absolute atomic E-state index is 14.4. The number of alkyl halides is 3. The van der Waals surface area contributed by atoms with Crippen LogP contribution < -0.4 is 21.3 Å². The molecule has 5 rings (SSSR count). The second kappa shape index (κ2) is 17.6. The van der Waals surface area contributed by atoms with Gasteiger partial charge in [-0.1, -0.05) is 6.92 Å². The van der Waals surface area contributed by atoms with Crippen molar-refractivity contribution in [3.05, 3.63) is 47.3 Å². The Morgan fingerprint density at radius 2 is 1.53 bits per heavy atom. The maximum atomic E-state index is 14.4. The Hall–Kier alpha value is -4.48. The fourth-order valence-electron chi connectivity index (χ4n) is 6.56. The number of nitrogens with one attached hydrogen (secondary N) is 2. The zero-order valence-corrected chi connectivity index (χ0v) is 28.8. The number of aliphatic carboxylic acids is 2. The first-order valence-corrected chi connectivity index (χ1v) is 17.1. The Bertz CT molecular complexity index is 1540. The number of aromatic nitrogens is 2. The summed E-state index contributed by atoms with van der Waals surface area (Å²) in [6, 6.07) is 4.58. The first-order chi connectivity index (χ1) is 24.1. The summed E-state index contributed by atoms with van der Waals surface area (Å²) < 4.78 is 43.2. The second-order valence-electron chi connectivity index (χ2n) is 13.0. The van der Waals surface area contributed by atoms with Gasteiger partial charge in [0.15, 0.2) is 11.5 Å². The Kier molecular flexibility index (Phi) is 13.6. The van der Waals surface area contributed by atoms with Gasteiger partial charge in [-0.3, -0.25) is 9.69 Å². The third-order valence-electron chi connectivity index (χ3n) is 9.37. The van der Waals surface area contributed by atoms with Crippen molar-refractivity contribution in [1.82, 2.24) is 19.8 Å². The third kappa shape index (κ3) is 11.3. The van der Waals surface area contributed by atoms with E-state index in [0.29, 0.717) is 62.1 Å². The minimum atomic E-state index is -4.58. The van der Waals surface area contributed by atoms with Crippen molar-refractivity contribution in [1.29, 1.82) is 0 Å². The van der Waals surface area contributed by atoms with E-state index in [2.05, 4.69) is 37.4 Å². The van der Waals surface area contributed by atoms with Crippen LogP contribution in [0.3, 0.4) is 0 Å². The highest BCUT2D eigenvalue weighted by molar-refractivity contribution is 5.96. The number of carbonyl (C=O) groups is 3. The van der Waals surface area contributed by atoms with Crippen molar-refractivity contribution in [3.8, 4) is 0 Å². The van der Waals surface area contributed by atoms with Gasteiger partial charge in [-0.05, 0) is 70.2 Å². The monoisotopic (exact) mass is 720 g/mol. The summed E-state index contributed by atoms with van der Waals surface area (Å²) in [5.74, 6) is -2.89. The minimum absolute atomic E-state index is 0.00286. The predicted octanol–water partition coefficient (Wildman–Crippen LogP) is 3.54. The molecule has 2 saturated heterocycles. The number of halogens is 3. The van der Waals surface area contributed by atoms with Crippen LogP contribution >= 0.6 is 0 Å². The molecule has 1 aliphatic carbocycles. The van der Waals surface area contributed by atoms with Crippen molar-refractivity contribution in [2.24, 2.45) is 5.73 Å². The molecule has 51 heavy (non-hydrogen) atoms. The maximum Gasteiger partial charge on any atom is 0.418 e. The second-order valence-corrected chi connectivity index (χ2v) is 13.0. The molecule has 1 saturated carbocycles. The molecule has 1 aromatic heterocycles. The van der Waals surface area contributed by atoms with Crippen LogP contribution in [0, 0.1) is 0 Å². The Balaban J connectivity index is 0.000000652. The summed E-state index contributed by atoms with van der Waals surface area (Å²) in [6.45, 7) is 6.99. The number of rotatable bonds is 10. The zero-order chi connectivity index (χ0) is 37.3. The van der Waals surface area contributed by atoms with Crippen molar-refractivity contribution >= 4 is 40.9 Å². The lowest BCUT2D eigenvalue weighted by Gasteiger charge is -2.43. The van der Waals surface area contributed by atoms with E-state index in [1.54, 1.807) is 6.07 Å². The fourth-order valence-corrected chi connectivity index (χ4v) is 6.56. The highest BCUT2D eigenvalue weighted by Gasteiger charge is 2.37. The van der Waals surface area contributed by atoms with Crippen LogP contribution in [0.4, 0.5) is 36.2 Å². The molecule has 3 heterocycles. The molecule has 1 amide bonds. The molecule has 14 nitrogen and oxygen atoms in total. The van der Waals surface area contributed by atoms with Gasteiger partial charge < -0.3 is 41.5 Å². The summed E-state index contributed by atoms with van der Waals surface area (Å²) in [4.78, 5) is 47.0. The molecular weight excluding hydrogens is 673 g/mol. The highest BCUT2D eigenvalue weighted by atomic mass is 19.4. The number of amides is 1. The van der Waals surface area contributed by atoms with Crippen molar-refractivity contribution in [2.45, 2.75) is 76.2 Å². The number of anilines is 4. The number of carbonyl (C=O) groups excluding carboxylic acids is 1. The number of benzene rings is 1. The normalized spacial score (nSPS) is 20.8. The summed E-state index contributed by atoms with van der Waals surface area (Å²) in [6.07, 6.45) is 1.14. The van der Waals surface area contributed by atoms with Crippen LogP contribution in [-0.4, -0.2) is 117 Å². The smallest absolute Gasteiger partial charge is 0.418 e. The number of primary amides is 1. The first-order valence-electron chi connectivity index (χ1n) is 17.1. The van der Waals surface area contributed by atoms with E-state index in [0.717, 1.165) is 57.9 Å². The number of nitrogens with two attached hydrogens (primary N) is 1. The van der Waals surface area contributed by atoms with Crippen LogP contribution in [0.25, 0.3) is 0 Å². The molecule has 0 unspecified atom stereocenters. The lowest BCUT2D eigenvalue weighted by Crippen LogP contribution is -2.52. The van der Waals surface area contributed by atoms with Gasteiger partial charge in [0.05, 0.1) is 17.4 Å². The number of aliphatic hydroxyl groups is 1. The van der Waals surface area contributed by atoms with Gasteiger partial charge in [0.2, 0.25) is 0 Å². The molecule has 0 spiro atoms. The van der Waals surface area contributed by atoms with Crippen LogP contribution in [0.1, 0.15) is 67.2 Å². The number of hydrogen-bond acceptors (Lipinski definition) is 11. The van der Waals surface area contributed by atoms with Gasteiger partial charge in [0.1, 0.15) is 5.82 Å². The average Bonchev–Trinajstić information content (AvgIpc) is 3.09. The molecule has 0 radical (unpaired) electrons. The number of piperazine rings is 1. The van der Waals surface area contributed by atoms with Gasteiger partial charge in [-0.15, -0.1) is 0 Å². The lowest BCUT2D eigenvalue weighted by molar-refractivity contribution is -0.137. The Labute approximate surface area is 294 Å². The molecule has 0 atom stereocenters. The topological polar surface area (TPSA) is 197 Å². The van der Waals surface area contributed by atoms with Crippen LogP contribution in [0.15, 0.2) is 30.4 Å². The van der Waals surface area contributed by atoms with Crippen molar-refractivity contribution in [2.75, 3.05) is 61.8 Å². The predicted molar refractivity (Wildman–Crippen MR) is 185 cm³/mol. The van der Waals surface area contributed by atoms with Gasteiger partial charge in [0, 0.05) is 74.9 Å². The van der Waals surface area contributed by atoms with Crippen molar-refractivity contribution < 1.29 is 42.9 Å². The van der Waals surface area contributed by atoms with E-state index < -0.39 is 29.6 Å². The molecule has 280 valence electrons. The summed E-state index contributed by atoms with van der Waals surface area (Å²) >= 11 is 0. The van der Waals surface area contributed by atoms with Gasteiger partial charge in [0.25, 0.3) is 5.91 Å². The largest absolute Gasteiger partial charge is 0.478 e. The number of likely N-dealkylation sites (N-methyl/N-ethyl adjacent to an activating group) is 1. The SMILES string of the molecule is CCc1nc(C(N)=O)c(Nc2ccc(N3CCC(N4CCN(C)CC4)CC3)c(C(F)(F)F)c2)nc1NC1CCC(O)CC1.O=C(O)/C=C/C(=O)O. The Morgan fingerprint density at radius 1 is 0.922 bits per heavy atom. The van der Waals surface area contributed by atoms with Crippen molar-refractivity contribution in [3.63, 3.8) is 0 Å². The molecule has 3 aliphatic rings. The minimum Gasteiger partial charge on any atom is -0.478 e. The van der Waals surface area contributed by atoms with Crippen LogP contribution in [0.5, 0.6) is 0 Å². The molecule has 3 fully saturated rings. The van der Waals surface area contributed by atoms with E-state index in [1.165, 1.54) is 6.07 Å². The number of hydrogen-bond donors (Lipinski definition) is 6. The standard InChI is InChI=1S/C30H43F3N8O2.C4H4O4/c1-3-24-28(35-19-4-7-22(42)8-5-19)38-29(26(37-24)27(34)43)36-20-6-9-25(23(18-20)30(31,32)33)41-12-10-21(11-13-41)40-16-14-39(2)15-17-40;5-3(6)1-2-4(7)8/h6,9,18-19,21-22,42H,3-5,7-8,10-17H2,1-2H3,(H2,34,43)(H2,35,36,38);1-2H,(H,5,6)(H,7,8)/b;2-1+. The van der Waals surface area contributed by atoms with E-state index in [-0.39, 0.29) is 35.0 Å². The molecule has 0 bridgehead atoms. The van der Waals surface area contributed by atoms with Crippen LogP contribution in [0.2, 0.25) is 0 Å². The van der Waals surface area contributed by atoms with Gasteiger partial charge >= 0.3 is 18.1 Å². The van der Waals surface area contributed by atoms with E-state index in [4.69, 9.17) is 15.9 Å². The van der Waals surface area contributed by atoms with E-state index >= 15 is 0 Å². The summed E-state index contributed by atoms with van der Waals surface area (Å²) in [5.41, 5.74) is 5.56. The third-order valence-corrected chi connectivity index (χ3v) is 9.37. The molecule has 2 aliphatic heterocycles. The number of nitrogens with zero attached hydrogens (tertiary/aromatic N) is 5. The number of carboxylic acids is 2. The molecule has 7 N–H and O–H groups in total. The zero-order valence-electron chi connectivity index (χ0n) is 28.8.